The number of ether oxygens (including phenoxy) is 1. The number of aryl methyl sites for hydroxylation is 1. The summed E-state index contributed by atoms with van der Waals surface area (Å²) in [7, 11) is 1.49. The van der Waals surface area contributed by atoms with Gasteiger partial charge >= 0.3 is 11.7 Å². The Kier molecular flexibility index (Phi) is 4.92. The molecular formula is C13H17FN4O5. The van der Waals surface area contributed by atoms with E-state index < -0.39 is 28.8 Å². The Labute approximate surface area is 131 Å². The van der Waals surface area contributed by atoms with E-state index in [1.54, 1.807) is 6.92 Å². The van der Waals surface area contributed by atoms with E-state index in [2.05, 4.69) is 5.10 Å². The van der Waals surface area contributed by atoms with Gasteiger partial charge in [-0.1, -0.05) is 0 Å². The van der Waals surface area contributed by atoms with Gasteiger partial charge in [-0.15, -0.1) is 0 Å². The molecule has 0 aliphatic carbocycles. The zero-order valence-corrected chi connectivity index (χ0v) is 12.8. The van der Waals surface area contributed by atoms with Crippen molar-refractivity contribution in [2.45, 2.75) is 19.5 Å². The standard InChI is InChI=1S/C13H17FN4O5/c1-3-23-13(20)8-4-5-17(7-9(14)11(8)19)12-10(18(21)22)6-15-16(12)2/h6,8-9H,3-5,7H2,1-2H3/t8-,9-/m0/s1. The zero-order chi connectivity index (χ0) is 17.1. The summed E-state index contributed by atoms with van der Waals surface area (Å²) >= 11 is 0. The second-order valence-electron chi connectivity index (χ2n) is 5.14. The highest BCUT2D eigenvalue weighted by molar-refractivity contribution is 6.01. The van der Waals surface area contributed by atoms with Crippen LogP contribution in [0.25, 0.3) is 0 Å². The van der Waals surface area contributed by atoms with Crippen LogP contribution in [-0.2, 0) is 21.4 Å². The highest BCUT2D eigenvalue weighted by Gasteiger charge is 2.39. The molecule has 1 aromatic heterocycles. The van der Waals surface area contributed by atoms with Crippen LogP contribution in [0, 0.1) is 16.0 Å². The first-order valence-electron chi connectivity index (χ1n) is 7.12. The van der Waals surface area contributed by atoms with Gasteiger partial charge in [0.25, 0.3) is 0 Å². The number of halogens is 1. The molecule has 0 bridgehead atoms. The molecule has 0 aromatic carbocycles. The predicted molar refractivity (Wildman–Crippen MR) is 76.7 cm³/mol. The number of ketones is 1. The van der Waals surface area contributed by atoms with Crippen LogP contribution in [0.4, 0.5) is 15.9 Å². The van der Waals surface area contributed by atoms with Gasteiger partial charge in [0.05, 0.1) is 18.1 Å². The Bertz CT molecular complexity index is 632. The third kappa shape index (κ3) is 3.30. The molecule has 0 unspecified atom stereocenters. The number of nitro groups is 1. The average Bonchev–Trinajstić information content (AvgIpc) is 2.81. The van der Waals surface area contributed by atoms with Crippen molar-refractivity contribution >= 4 is 23.3 Å². The van der Waals surface area contributed by atoms with E-state index in [0.29, 0.717) is 0 Å². The fourth-order valence-corrected chi connectivity index (χ4v) is 2.60. The SMILES string of the molecule is CCOC(=O)[C@H]1CCN(c2c([N+](=O)[O-])cnn2C)C[C@H](F)C1=O. The second kappa shape index (κ2) is 6.71. The lowest BCUT2D eigenvalue weighted by Gasteiger charge is -2.22. The lowest BCUT2D eigenvalue weighted by Crippen LogP contribution is -2.35. The van der Waals surface area contributed by atoms with Crippen LogP contribution in [0.5, 0.6) is 0 Å². The Morgan fingerprint density at radius 1 is 1.61 bits per heavy atom. The van der Waals surface area contributed by atoms with Crippen molar-refractivity contribution in [3.8, 4) is 0 Å². The summed E-state index contributed by atoms with van der Waals surface area (Å²) in [4.78, 5) is 35.6. The number of carbonyl (C=O) groups excluding carboxylic acids is 2. The summed E-state index contributed by atoms with van der Waals surface area (Å²) in [6.07, 6.45) is -0.833. The molecule has 0 amide bonds. The van der Waals surface area contributed by atoms with E-state index in [9.17, 15) is 24.1 Å². The number of Topliss-reactive ketones (excluding diaryl/α,β-unsaturated/α-hetero) is 1. The van der Waals surface area contributed by atoms with Gasteiger partial charge in [0.2, 0.25) is 5.82 Å². The fourth-order valence-electron chi connectivity index (χ4n) is 2.60. The van der Waals surface area contributed by atoms with Gasteiger partial charge in [-0.05, 0) is 13.3 Å². The van der Waals surface area contributed by atoms with E-state index in [-0.39, 0.29) is 37.6 Å². The first kappa shape index (κ1) is 16.8. The van der Waals surface area contributed by atoms with E-state index in [1.165, 1.54) is 16.6 Å². The van der Waals surface area contributed by atoms with Crippen molar-refractivity contribution < 1.29 is 23.6 Å². The van der Waals surface area contributed by atoms with E-state index in [4.69, 9.17) is 4.74 Å². The van der Waals surface area contributed by atoms with Gasteiger partial charge in [-0.3, -0.25) is 19.7 Å². The van der Waals surface area contributed by atoms with Crippen LogP contribution in [-0.4, -0.2) is 52.3 Å². The molecule has 10 heteroatoms. The summed E-state index contributed by atoms with van der Waals surface area (Å²) in [5.41, 5.74) is -0.276. The minimum atomic E-state index is -1.93. The molecule has 2 atom stereocenters. The van der Waals surface area contributed by atoms with E-state index >= 15 is 0 Å². The van der Waals surface area contributed by atoms with Crippen molar-refractivity contribution in [3.63, 3.8) is 0 Å². The first-order chi connectivity index (χ1) is 10.9. The van der Waals surface area contributed by atoms with Crippen LogP contribution in [0.15, 0.2) is 6.20 Å². The number of hydrogen-bond acceptors (Lipinski definition) is 7. The minimum absolute atomic E-state index is 0.0282. The first-order valence-corrected chi connectivity index (χ1v) is 7.12. The summed E-state index contributed by atoms with van der Waals surface area (Å²) in [5, 5.41) is 14.9. The Morgan fingerprint density at radius 3 is 2.91 bits per heavy atom. The Balaban J connectivity index is 2.28. The summed E-state index contributed by atoms with van der Waals surface area (Å²) < 4.78 is 20.2. The highest BCUT2D eigenvalue weighted by Crippen LogP contribution is 2.30. The molecule has 126 valence electrons. The second-order valence-corrected chi connectivity index (χ2v) is 5.14. The molecule has 1 aliphatic heterocycles. The topological polar surface area (TPSA) is 108 Å². The molecule has 23 heavy (non-hydrogen) atoms. The lowest BCUT2D eigenvalue weighted by molar-refractivity contribution is -0.384. The zero-order valence-electron chi connectivity index (χ0n) is 12.8. The number of nitrogens with zero attached hydrogens (tertiary/aromatic N) is 4. The minimum Gasteiger partial charge on any atom is -0.465 e. The summed E-state index contributed by atoms with van der Waals surface area (Å²) in [6, 6.07) is 0. The van der Waals surface area contributed by atoms with Gasteiger partial charge in [0.1, 0.15) is 12.1 Å². The van der Waals surface area contributed by atoms with Gasteiger partial charge in [-0.2, -0.15) is 5.10 Å². The molecular weight excluding hydrogens is 311 g/mol. The molecule has 0 N–H and O–H groups in total. The predicted octanol–water partition coefficient (Wildman–Crippen LogP) is 0.625. The average molecular weight is 328 g/mol. The van der Waals surface area contributed by atoms with Crippen LogP contribution in [0.1, 0.15) is 13.3 Å². The Morgan fingerprint density at radius 2 is 2.30 bits per heavy atom. The van der Waals surface area contributed by atoms with Crippen LogP contribution in [0.2, 0.25) is 0 Å². The van der Waals surface area contributed by atoms with Crippen molar-refractivity contribution in [2.24, 2.45) is 13.0 Å². The number of alkyl halides is 1. The number of esters is 1. The maximum Gasteiger partial charge on any atom is 0.331 e. The third-order valence-corrected chi connectivity index (χ3v) is 3.68. The molecule has 1 aromatic rings. The largest absolute Gasteiger partial charge is 0.465 e. The van der Waals surface area contributed by atoms with Gasteiger partial charge in [0.15, 0.2) is 12.0 Å². The number of carbonyl (C=O) groups is 2. The van der Waals surface area contributed by atoms with Gasteiger partial charge < -0.3 is 9.64 Å². The van der Waals surface area contributed by atoms with Crippen molar-refractivity contribution in [3.05, 3.63) is 16.3 Å². The van der Waals surface area contributed by atoms with Crippen LogP contribution < -0.4 is 4.90 Å². The van der Waals surface area contributed by atoms with Crippen molar-refractivity contribution in [1.82, 2.24) is 9.78 Å². The van der Waals surface area contributed by atoms with Gasteiger partial charge in [-0.25, -0.2) is 9.07 Å². The quantitative estimate of drug-likeness (QED) is 0.345. The third-order valence-electron chi connectivity index (χ3n) is 3.68. The van der Waals surface area contributed by atoms with E-state index in [1.807, 2.05) is 0 Å². The Hall–Kier alpha value is -2.52. The number of rotatable bonds is 4. The molecule has 1 saturated heterocycles. The molecule has 2 heterocycles. The molecule has 0 radical (unpaired) electrons. The number of hydrogen-bond donors (Lipinski definition) is 0. The molecule has 9 nitrogen and oxygen atoms in total. The monoisotopic (exact) mass is 328 g/mol. The number of anilines is 1. The molecule has 2 rings (SSSR count). The summed E-state index contributed by atoms with van der Waals surface area (Å²) in [5.74, 6) is -2.70. The fraction of sp³-hybridized carbons (Fsp3) is 0.615. The maximum atomic E-state index is 14.2. The maximum absolute atomic E-state index is 14.2. The van der Waals surface area contributed by atoms with Crippen molar-refractivity contribution in [1.29, 1.82) is 0 Å². The van der Waals surface area contributed by atoms with E-state index in [0.717, 1.165) is 6.20 Å². The highest BCUT2D eigenvalue weighted by atomic mass is 19.1. The smallest absolute Gasteiger partial charge is 0.331 e. The lowest BCUT2D eigenvalue weighted by atomic mass is 9.98. The molecule has 1 fully saturated rings. The van der Waals surface area contributed by atoms with Gasteiger partial charge in [0, 0.05) is 13.6 Å². The number of aromatic nitrogens is 2. The summed E-state index contributed by atoms with van der Waals surface area (Å²) in [6.45, 7) is 1.43. The molecule has 0 spiro atoms. The normalized spacial score (nSPS) is 21.9. The molecule has 0 saturated carbocycles. The van der Waals surface area contributed by atoms with Crippen molar-refractivity contribution in [2.75, 3.05) is 24.6 Å². The van der Waals surface area contributed by atoms with Crippen LogP contribution >= 0.6 is 0 Å². The molecule has 1 aliphatic rings. The van der Waals surface area contributed by atoms with Crippen LogP contribution in [0.3, 0.4) is 0 Å².